The Hall–Kier alpha value is -2.03. The number of benzene rings is 1. The maximum Gasteiger partial charge on any atom is 0.242 e. The topological polar surface area (TPSA) is 92.3 Å². The first kappa shape index (κ1) is 17.3. The molecule has 23 heavy (non-hydrogen) atoms. The van der Waals surface area contributed by atoms with Crippen molar-refractivity contribution in [3.05, 3.63) is 29.8 Å². The summed E-state index contributed by atoms with van der Waals surface area (Å²) in [6.07, 6.45) is 1.89. The van der Waals surface area contributed by atoms with Gasteiger partial charge in [-0.15, -0.1) is 0 Å². The number of rotatable bonds is 4. The summed E-state index contributed by atoms with van der Waals surface area (Å²) in [5, 5.41) is 4.94. The van der Waals surface area contributed by atoms with Crippen LogP contribution in [0.1, 0.15) is 19.3 Å². The summed E-state index contributed by atoms with van der Waals surface area (Å²) in [5.41, 5.74) is 0. The fourth-order valence-electron chi connectivity index (χ4n) is 2.29. The van der Waals surface area contributed by atoms with Crippen molar-refractivity contribution in [2.75, 3.05) is 12.3 Å². The molecule has 6 nitrogen and oxygen atoms in total. The average molecular weight is 346 g/mol. The van der Waals surface area contributed by atoms with Crippen molar-refractivity contribution in [2.45, 2.75) is 30.2 Å². The van der Waals surface area contributed by atoms with E-state index >= 15 is 0 Å². The molecule has 1 aromatic carbocycles. The number of nitrogens with one attached hydrogen (secondary N) is 2. The van der Waals surface area contributed by atoms with Gasteiger partial charge in [-0.2, -0.15) is 0 Å². The number of halogens is 2. The number of carbonyl (C=O) groups is 2. The van der Waals surface area contributed by atoms with Crippen LogP contribution in [0.2, 0.25) is 0 Å². The van der Waals surface area contributed by atoms with E-state index in [-0.39, 0.29) is 5.91 Å². The summed E-state index contributed by atoms with van der Waals surface area (Å²) >= 11 is 0. The molecule has 0 spiro atoms. The van der Waals surface area contributed by atoms with Crippen molar-refractivity contribution in [3.8, 4) is 0 Å². The molecule has 1 fully saturated rings. The maximum atomic E-state index is 13.6. The van der Waals surface area contributed by atoms with Crippen LogP contribution in [0.25, 0.3) is 0 Å². The highest BCUT2D eigenvalue weighted by molar-refractivity contribution is 7.92. The number of hydrogen-bond acceptors (Lipinski definition) is 4. The number of sulfone groups is 1. The van der Waals surface area contributed by atoms with Crippen LogP contribution in [0.4, 0.5) is 8.78 Å². The van der Waals surface area contributed by atoms with E-state index in [1.165, 1.54) is 0 Å². The maximum absolute atomic E-state index is 13.6. The predicted molar refractivity (Wildman–Crippen MR) is 77.2 cm³/mol. The summed E-state index contributed by atoms with van der Waals surface area (Å²) in [6, 6.07) is 1.19. The molecular formula is C14H16F2N2O4S. The lowest BCUT2D eigenvalue weighted by molar-refractivity contribution is -0.127. The second kappa shape index (κ2) is 7.03. The zero-order valence-corrected chi connectivity index (χ0v) is 13.0. The Labute approximate surface area is 132 Å². The zero-order chi connectivity index (χ0) is 17.0. The molecule has 1 heterocycles. The first-order valence-electron chi connectivity index (χ1n) is 7.04. The SMILES string of the molecule is O=C(CS(=O)(=O)c1ccc(F)cc1F)NC1CCCCNC1=O. The van der Waals surface area contributed by atoms with Gasteiger partial charge in [0.1, 0.15) is 28.3 Å². The van der Waals surface area contributed by atoms with Gasteiger partial charge in [-0.25, -0.2) is 17.2 Å². The monoisotopic (exact) mass is 346 g/mol. The minimum absolute atomic E-state index is 0.374. The van der Waals surface area contributed by atoms with Gasteiger partial charge in [-0.1, -0.05) is 0 Å². The largest absolute Gasteiger partial charge is 0.354 e. The van der Waals surface area contributed by atoms with Crippen molar-refractivity contribution >= 4 is 21.7 Å². The van der Waals surface area contributed by atoms with E-state index in [1.807, 2.05) is 0 Å². The fraction of sp³-hybridized carbons (Fsp3) is 0.429. The number of carbonyl (C=O) groups excluding carboxylic acids is 2. The van der Waals surface area contributed by atoms with Gasteiger partial charge in [0.15, 0.2) is 9.84 Å². The predicted octanol–water partition coefficient (Wildman–Crippen LogP) is 0.523. The molecule has 1 aliphatic rings. The zero-order valence-electron chi connectivity index (χ0n) is 12.1. The summed E-state index contributed by atoms with van der Waals surface area (Å²) in [7, 11) is -4.27. The molecule has 0 saturated carbocycles. The molecule has 1 unspecified atom stereocenters. The minimum Gasteiger partial charge on any atom is -0.354 e. The minimum atomic E-state index is -4.27. The second-order valence-corrected chi connectivity index (χ2v) is 7.20. The Morgan fingerprint density at radius 2 is 2.04 bits per heavy atom. The molecule has 0 radical (unpaired) electrons. The van der Waals surface area contributed by atoms with Crippen molar-refractivity contribution < 1.29 is 26.8 Å². The van der Waals surface area contributed by atoms with Crippen LogP contribution in [-0.2, 0) is 19.4 Å². The Balaban J connectivity index is 2.07. The van der Waals surface area contributed by atoms with Crippen LogP contribution in [0.3, 0.4) is 0 Å². The third-order valence-corrected chi connectivity index (χ3v) is 5.06. The molecule has 2 amide bonds. The van der Waals surface area contributed by atoms with Gasteiger partial charge in [0.2, 0.25) is 11.8 Å². The van der Waals surface area contributed by atoms with E-state index in [2.05, 4.69) is 10.6 Å². The Kier molecular flexibility index (Phi) is 5.30. The standard InChI is InChI=1S/C14H16F2N2O4S/c15-9-4-5-12(10(16)7-9)23(21,22)8-13(19)18-11-3-1-2-6-17-14(11)20/h4-5,7,11H,1-3,6,8H2,(H,17,20)(H,18,19). The molecule has 126 valence electrons. The van der Waals surface area contributed by atoms with Gasteiger partial charge in [-0.05, 0) is 31.4 Å². The van der Waals surface area contributed by atoms with Gasteiger partial charge < -0.3 is 10.6 Å². The summed E-state index contributed by atoms with van der Waals surface area (Å²) in [6.45, 7) is 0.504. The quantitative estimate of drug-likeness (QED) is 0.778. The highest BCUT2D eigenvalue weighted by Crippen LogP contribution is 2.17. The molecule has 9 heteroatoms. The van der Waals surface area contributed by atoms with Gasteiger partial charge in [0.25, 0.3) is 0 Å². The van der Waals surface area contributed by atoms with E-state index in [9.17, 15) is 26.8 Å². The smallest absolute Gasteiger partial charge is 0.242 e. The van der Waals surface area contributed by atoms with E-state index in [0.717, 1.165) is 18.6 Å². The molecule has 1 aromatic rings. The van der Waals surface area contributed by atoms with Crippen LogP contribution in [0.5, 0.6) is 0 Å². The van der Waals surface area contributed by atoms with Crippen LogP contribution in [0, 0.1) is 11.6 Å². The molecule has 1 saturated heterocycles. The summed E-state index contributed by atoms with van der Waals surface area (Å²) < 4.78 is 50.5. The Morgan fingerprint density at radius 1 is 1.30 bits per heavy atom. The third kappa shape index (κ3) is 4.47. The van der Waals surface area contributed by atoms with E-state index in [4.69, 9.17) is 0 Å². The van der Waals surface area contributed by atoms with Gasteiger partial charge in [0, 0.05) is 12.6 Å². The first-order valence-corrected chi connectivity index (χ1v) is 8.70. The molecule has 0 aliphatic carbocycles. The van der Waals surface area contributed by atoms with Crippen LogP contribution in [0.15, 0.2) is 23.1 Å². The van der Waals surface area contributed by atoms with Crippen molar-refractivity contribution in [1.29, 1.82) is 0 Å². The lowest BCUT2D eigenvalue weighted by Gasteiger charge is -2.15. The Bertz CT molecular complexity index is 721. The highest BCUT2D eigenvalue weighted by Gasteiger charge is 2.27. The summed E-state index contributed by atoms with van der Waals surface area (Å²) in [4.78, 5) is 22.8. The van der Waals surface area contributed by atoms with Crippen molar-refractivity contribution in [1.82, 2.24) is 10.6 Å². The first-order chi connectivity index (χ1) is 10.8. The van der Waals surface area contributed by atoms with Gasteiger partial charge in [0.05, 0.1) is 0 Å². The molecule has 2 rings (SSSR count). The molecular weight excluding hydrogens is 330 g/mol. The molecule has 1 atom stereocenters. The third-order valence-electron chi connectivity index (χ3n) is 3.42. The molecule has 0 bridgehead atoms. The van der Waals surface area contributed by atoms with Crippen molar-refractivity contribution in [2.24, 2.45) is 0 Å². The van der Waals surface area contributed by atoms with E-state index < -0.39 is 44.1 Å². The lowest BCUT2D eigenvalue weighted by atomic mass is 10.1. The lowest BCUT2D eigenvalue weighted by Crippen LogP contribution is -2.47. The number of amides is 2. The van der Waals surface area contributed by atoms with E-state index in [1.54, 1.807) is 0 Å². The van der Waals surface area contributed by atoms with Gasteiger partial charge in [-0.3, -0.25) is 9.59 Å². The van der Waals surface area contributed by atoms with E-state index in [0.29, 0.717) is 25.5 Å². The van der Waals surface area contributed by atoms with Crippen molar-refractivity contribution in [3.63, 3.8) is 0 Å². The highest BCUT2D eigenvalue weighted by atomic mass is 32.2. The fourth-order valence-corrected chi connectivity index (χ4v) is 3.51. The normalized spacial score (nSPS) is 18.9. The molecule has 1 aliphatic heterocycles. The molecule has 2 N–H and O–H groups in total. The number of hydrogen-bond donors (Lipinski definition) is 2. The van der Waals surface area contributed by atoms with Crippen LogP contribution < -0.4 is 10.6 Å². The second-order valence-electron chi connectivity index (χ2n) is 5.24. The summed E-state index contributed by atoms with van der Waals surface area (Å²) in [5.74, 6) is -4.47. The van der Waals surface area contributed by atoms with Crippen LogP contribution >= 0.6 is 0 Å². The van der Waals surface area contributed by atoms with Gasteiger partial charge >= 0.3 is 0 Å². The Morgan fingerprint density at radius 3 is 2.74 bits per heavy atom. The molecule has 0 aromatic heterocycles. The van der Waals surface area contributed by atoms with Crippen LogP contribution in [-0.4, -0.2) is 38.6 Å². The average Bonchev–Trinajstić information content (AvgIpc) is 2.63.